The smallest absolute Gasteiger partial charge is 0.233 e. The SMILES string of the molecule is Cc1onc(Cc2nc(-c3ccsc3)no2)c1C#N. The van der Waals surface area contributed by atoms with E-state index in [0.29, 0.717) is 28.7 Å². The van der Waals surface area contributed by atoms with E-state index in [1.165, 1.54) is 0 Å². The fraction of sp³-hybridized carbons (Fsp3) is 0.167. The van der Waals surface area contributed by atoms with Crippen molar-refractivity contribution in [1.29, 1.82) is 5.26 Å². The summed E-state index contributed by atoms with van der Waals surface area (Å²) < 4.78 is 10.1. The first kappa shape index (κ1) is 11.6. The van der Waals surface area contributed by atoms with Crippen molar-refractivity contribution < 1.29 is 9.05 Å². The number of aryl methyl sites for hydroxylation is 1. The van der Waals surface area contributed by atoms with E-state index in [9.17, 15) is 0 Å². The molecule has 94 valence electrons. The third-order valence-electron chi connectivity index (χ3n) is 2.61. The van der Waals surface area contributed by atoms with Gasteiger partial charge in [0, 0.05) is 10.9 Å². The van der Waals surface area contributed by atoms with Crippen LogP contribution in [0, 0.1) is 18.3 Å². The summed E-state index contributed by atoms with van der Waals surface area (Å²) in [7, 11) is 0. The quantitative estimate of drug-likeness (QED) is 0.728. The van der Waals surface area contributed by atoms with Crippen molar-refractivity contribution in [1.82, 2.24) is 15.3 Å². The van der Waals surface area contributed by atoms with Gasteiger partial charge < -0.3 is 9.05 Å². The summed E-state index contributed by atoms with van der Waals surface area (Å²) in [6.07, 6.45) is 0.289. The van der Waals surface area contributed by atoms with E-state index in [1.807, 2.05) is 16.8 Å². The van der Waals surface area contributed by atoms with Gasteiger partial charge in [0.1, 0.15) is 17.3 Å². The zero-order valence-electron chi connectivity index (χ0n) is 9.95. The van der Waals surface area contributed by atoms with Crippen LogP contribution in [0.2, 0.25) is 0 Å². The molecule has 0 aliphatic rings. The van der Waals surface area contributed by atoms with Crippen molar-refractivity contribution >= 4 is 11.3 Å². The van der Waals surface area contributed by atoms with E-state index in [2.05, 4.69) is 21.4 Å². The van der Waals surface area contributed by atoms with Crippen LogP contribution in [0.1, 0.15) is 22.9 Å². The van der Waals surface area contributed by atoms with Gasteiger partial charge in [-0.15, -0.1) is 0 Å². The Bertz CT molecular complexity index is 736. The van der Waals surface area contributed by atoms with Crippen LogP contribution in [0.3, 0.4) is 0 Å². The minimum absolute atomic E-state index is 0.289. The van der Waals surface area contributed by atoms with Crippen LogP contribution < -0.4 is 0 Å². The molecule has 0 amide bonds. The van der Waals surface area contributed by atoms with Gasteiger partial charge in [0.05, 0.1) is 6.42 Å². The Balaban J connectivity index is 1.87. The molecule has 0 spiro atoms. The molecule has 0 fully saturated rings. The monoisotopic (exact) mass is 272 g/mol. The van der Waals surface area contributed by atoms with Gasteiger partial charge in [-0.05, 0) is 18.4 Å². The Morgan fingerprint density at radius 3 is 3.00 bits per heavy atom. The lowest BCUT2D eigenvalue weighted by Gasteiger charge is -1.88. The maximum Gasteiger partial charge on any atom is 0.233 e. The van der Waals surface area contributed by atoms with Gasteiger partial charge in [-0.25, -0.2) is 0 Å². The third kappa shape index (κ3) is 2.13. The van der Waals surface area contributed by atoms with Crippen LogP contribution in [0.25, 0.3) is 11.4 Å². The van der Waals surface area contributed by atoms with Gasteiger partial charge in [0.15, 0.2) is 5.76 Å². The van der Waals surface area contributed by atoms with Crippen LogP contribution in [0.15, 0.2) is 25.9 Å². The summed E-state index contributed by atoms with van der Waals surface area (Å²) >= 11 is 1.56. The fourth-order valence-electron chi connectivity index (χ4n) is 1.66. The minimum Gasteiger partial charge on any atom is -0.360 e. The Kier molecular flexibility index (Phi) is 2.85. The van der Waals surface area contributed by atoms with E-state index in [0.717, 1.165) is 5.56 Å². The second-order valence-electron chi connectivity index (χ2n) is 3.87. The first-order valence-electron chi connectivity index (χ1n) is 5.48. The Labute approximate surface area is 112 Å². The molecule has 0 unspecified atom stereocenters. The highest BCUT2D eigenvalue weighted by Gasteiger charge is 2.16. The van der Waals surface area contributed by atoms with Crippen molar-refractivity contribution in [2.75, 3.05) is 0 Å². The van der Waals surface area contributed by atoms with E-state index >= 15 is 0 Å². The molecule has 0 aliphatic carbocycles. The standard InChI is InChI=1S/C12H8N4O2S/c1-7-9(5-13)10(15-17-7)4-11-14-12(16-18-11)8-2-3-19-6-8/h2-3,6H,4H2,1H3. The molecule has 3 aromatic rings. The van der Waals surface area contributed by atoms with Crippen LogP contribution in [0.5, 0.6) is 0 Å². The van der Waals surface area contributed by atoms with Gasteiger partial charge in [0.25, 0.3) is 0 Å². The van der Waals surface area contributed by atoms with E-state index in [1.54, 1.807) is 18.3 Å². The van der Waals surface area contributed by atoms with Gasteiger partial charge in [-0.3, -0.25) is 0 Å². The minimum atomic E-state index is 0.289. The molecule has 0 saturated heterocycles. The number of nitriles is 1. The molecule has 0 atom stereocenters. The lowest BCUT2D eigenvalue weighted by atomic mass is 10.2. The topological polar surface area (TPSA) is 88.7 Å². The molecule has 6 nitrogen and oxygen atoms in total. The van der Waals surface area contributed by atoms with Crippen molar-refractivity contribution in [3.63, 3.8) is 0 Å². The van der Waals surface area contributed by atoms with Crippen LogP contribution >= 0.6 is 11.3 Å². The lowest BCUT2D eigenvalue weighted by molar-refractivity contribution is 0.371. The first-order chi connectivity index (χ1) is 9.28. The zero-order valence-corrected chi connectivity index (χ0v) is 10.8. The maximum atomic E-state index is 9.01. The van der Waals surface area contributed by atoms with E-state index < -0.39 is 0 Å². The number of aromatic nitrogens is 3. The fourth-order valence-corrected chi connectivity index (χ4v) is 2.30. The van der Waals surface area contributed by atoms with Crippen LogP contribution in [0.4, 0.5) is 0 Å². The van der Waals surface area contributed by atoms with Crippen molar-refractivity contribution in [2.45, 2.75) is 13.3 Å². The molecule has 0 bridgehead atoms. The predicted molar refractivity (Wildman–Crippen MR) is 66.4 cm³/mol. The number of hydrogen-bond donors (Lipinski definition) is 0. The number of hydrogen-bond acceptors (Lipinski definition) is 7. The summed E-state index contributed by atoms with van der Waals surface area (Å²) in [5, 5.41) is 20.6. The summed E-state index contributed by atoms with van der Waals surface area (Å²) in [6.45, 7) is 1.69. The third-order valence-corrected chi connectivity index (χ3v) is 3.29. The van der Waals surface area contributed by atoms with Gasteiger partial charge in [0.2, 0.25) is 11.7 Å². The highest BCUT2D eigenvalue weighted by molar-refractivity contribution is 7.08. The van der Waals surface area contributed by atoms with Crippen molar-refractivity contribution in [2.24, 2.45) is 0 Å². The molecule has 7 heteroatoms. The number of rotatable bonds is 3. The summed E-state index contributed by atoms with van der Waals surface area (Å²) in [5.74, 6) is 1.44. The molecule has 0 aromatic carbocycles. The first-order valence-corrected chi connectivity index (χ1v) is 6.42. The number of nitrogens with zero attached hydrogens (tertiary/aromatic N) is 4. The normalized spacial score (nSPS) is 10.5. The predicted octanol–water partition coefficient (Wildman–Crippen LogP) is 2.56. The summed E-state index contributed by atoms with van der Waals surface area (Å²) in [4.78, 5) is 4.27. The average Bonchev–Trinajstić information content (AvgIpc) is 3.11. The van der Waals surface area contributed by atoms with Crippen molar-refractivity contribution in [3.05, 3.63) is 39.7 Å². The molecule has 0 radical (unpaired) electrons. The highest BCUT2D eigenvalue weighted by Crippen LogP contribution is 2.20. The molecule has 0 aliphatic heterocycles. The molecule has 3 rings (SSSR count). The van der Waals surface area contributed by atoms with E-state index in [4.69, 9.17) is 14.3 Å². The van der Waals surface area contributed by atoms with Crippen molar-refractivity contribution in [3.8, 4) is 17.5 Å². The Morgan fingerprint density at radius 1 is 1.37 bits per heavy atom. The molecule has 0 N–H and O–H groups in total. The second-order valence-corrected chi connectivity index (χ2v) is 4.65. The summed E-state index contributed by atoms with van der Waals surface area (Å²) in [5.41, 5.74) is 1.85. The summed E-state index contributed by atoms with van der Waals surface area (Å²) in [6, 6.07) is 3.97. The van der Waals surface area contributed by atoms with Crippen LogP contribution in [-0.2, 0) is 6.42 Å². The van der Waals surface area contributed by atoms with Gasteiger partial charge >= 0.3 is 0 Å². The molecular formula is C12H8N4O2S. The van der Waals surface area contributed by atoms with Gasteiger partial charge in [-0.1, -0.05) is 10.3 Å². The zero-order chi connectivity index (χ0) is 13.2. The lowest BCUT2D eigenvalue weighted by Crippen LogP contribution is -1.92. The van der Waals surface area contributed by atoms with E-state index in [-0.39, 0.29) is 6.42 Å². The largest absolute Gasteiger partial charge is 0.360 e. The Morgan fingerprint density at radius 2 is 2.26 bits per heavy atom. The molecule has 19 heavy (non-hydrogen) atoms. The maximum absolute atomic E-state index is 9.01. The molecule has 0 saturated carbocycles. The van der Waals surface area contributed by atoms with Gasteiger partial charge in [-0.2, -0.15) is 21.6 Å². The highest BCUT2D eigenvalue weighted by atomic mass is 32.1. The Hall–Kier alpha value is -2.46. The van der Waals surface area contributed by atoms with Crippen LogP contribution in [-0.4, -0.2) is 15.3 Å². The number of thiophene rings is 1. The molecule has 3 aromatic heterocycles. The molecular weight excluding hydrogens is 264 g/mol. The average molecular weight is 272 g/mol. The molecule has 3 heterocycles. The second kappa shape index (κ2) is 4.66.